The molecule has 4 rings (SSSR count). The number of rotatable bonds is 9. The maximum absolute atomic E-state index is 13.3. The summed E-state index contributed by atoms with van der Waals surface area (Å²) in [6.07, 6.45) is 3.79. The van der Waals surface area contributed by atoms with Crippen LogP contribution in [-0.2, 0) is 4.74 Å². The molecule has 0 fully saturated rings. The molecule has 0 radical (unpaired) electrons. The van der Waals surface area contributed by atoms with Crippen LogP contribution in [0.3, 0.4) is 0 Å². The second-order valence-corrected chi connectivity index (χ2v) is 12.0. The lowest BCUT2D eigenvalue weighted by atomic mass is 9.92. The maximum Gasteiger partial charge on any atom is 0.339 e. The molecular formula is C36H45N2O2+. The van der Waals surface area contributed by atoms with Crippen molar-refractivity contribution in [2.24, 2.45) is 0 Å². The monoisotopic (exact) mass is 537 g/mol. The van der Waals surface area contributed by atoms with E-state index in [-0.39, 0.29) is 5.97 Å². The average Bonchev–Trinajstić information content (AvgIpc) is 3.37. The zero-order chi connectivity index (χ0) is 29.1. The van der Waals surface area contributed by atoms with Crippen molar-refractivity contribution in [1.82, 2.24) is 4.57 Å². The Bertz CT molecular complexity index is 1330. The second kappa shape index (κ2) is 12.2. The number of para-hydroxylation sites is 2. The summed E-state index contributed by atoms with van der Waals surface area (Å²) in [5.41, 5.74) is 8.01. The van der Waals surface area contributed by atoms with Gasteiger partial charge < -0.3 is 4.74 Å². The van der Waals surface area contributed by atoms with Gasteiger partial charge in [0.1, 0.15) is 23.8 Å². The van der Waals surface area contributed by atoms with Gasteiger partial charge in [-0.25, -0.2) is 4.79 Å². The van der Waals surface area contributed by atoms with E-state index >= 15 is 0 Å². The highest BCUT2D eigenvalue weighted by Crippen LogP contribution is 2.35. The molecule has 0 amide bonds. The minimum Gasteiger partial charge on any atom is -0.446 e. The molecule has 1 aromatic heterocycles. The highest BCUT2D eigenvalue weighted by atomic mass is 16.5. The predicted octanol–water partition coefficient (Wildman–Crippen LogP) is 9.17. The van der Waals surface area contributed by atoms with E-state index in [0.29, 0.717) is 29.2 Å². The van der Waals surface area contributed by atoms with Gasteiger partial charge in [-0.15, -0.1) is 0 Å². The van der Waals surface area contributed by atoms with Gasteiger partial charge in [-0.2, -0.15) is 9.13 Å². The molecule has 1 unspecified atom stereocenters. The molecular weight excluding hydrogens is 492 g/mol. The van der Waals surface area contributed by atoms with Crippen molar-refractivity contribution >= 4 is 5.97 Å². The summed E-state index contributed by atoms with van der Waals surface area (Å²) in [5, 5.41) is 0. The summed E-state index contributed by atoms with van der Waals surface area (Å²) >= 11 is 0. The lowest BCUT2D eigenvalue weighted by Crippen LogP contribution is -2.39. The van der Waals surface area contributed by atoms with Crippen molar-refractivity contribution in [2.75, 3.05) is 0 Å². The molecule has 1 heterocycles. The van der Waals surface area contributed by atoms with Crippen LogP contribution in [0.2, 0.25) is 0 Å². The van der Waals surface area contributed by atoms with E-state index in [1.807, 2.05) is 25.1 Å². The quantitative estimate of drug-likeness (QED) is 0.158. The minimum absolute atomic E-state index is 0.324. The standard InChI is InChI=1S/C36H45N2O2/c1-23(2)29-17-13-18-30(24(3)4)33(29)37-21-22-38(34-31(25(5)6)19-14-20-32(34)26(7)8)35(37)27(9)40-36(39)28-15-11-10-12-16-28/h10-27H,1-9H3/q+1. The number of esters is 1. The Balaban J connectivity index is 2.03. The molecule has 0 saturated carbocycles. The van der Waals surface area contributed by atoms with Crippen LogP contribution < -0.4 is 4.57 Å². The van der Waals surface area contributed by atoms with E-state index in [2.05, 4.69) is 113 Å². The van der Waals surface area contributed by atoms with Gasteiger partial charge in [0.25, 0.3) is 0 Å². The molecule has 4 nitrogen and oxygen atoms in total. The smallest absolute Gasteiger partial charge is 0.339 e. The first-order valence-electron chi connectivity index (χ1n) is 14.7. The topological polar surface area (TPSA) is 35.1 Å². The van der Waals surface area contributed by atoms with E-state index < -0.39 is 6.10 Å². The van der Waals surface area contributed by atoms with Crippen LogP contribution in [0, 0.1) is 0 Å². The molecule has 0 saturated heterocycles. The Morgan fingerprint density at radius 1 is 0.650 bits per heavy atom. The first-order valence-corrected chi connectivity index (χ1v) is 14.7. The molecule has 40 heavy (non-hydrogen) atoms. The van der Waals surface area contributed by atoms with Crippen LogP contribution in [0.25, 0.3) is 11.4 Å². The lowest BCUT2D eigenvalue weighted by molar-refractivity contribution is -0.609. The number of carbonyl (C=O) groups excluding carboxylic acids is 1. The molecule has 210 valence electrons. The molecule has 4 heteroatoms. The summed E-state index contributed by atoms with van der Waals surface area (Å²) in [7, 11) is 0. The second-order valence-electron chi connectivity index (χ2n) is 12.0. The first-order chi connectivity index (χ1) is 19.0. The van der Waals surface area contributed by atoms with Crippen LogP contribution in [0.5, 0.6) is 0 Å². The van der Waals surface area contributed by atoms with Crippen molar-refractivity contribution in [2.45, 2.75) is 92.1 Å². The van der Waals surface area contributed by atoms with Crippen LogP contribution in [0.1, 0.15) is 131 Å². The number of ether oxygens (including phenoxy) is 1. The molecule has 0 aliphatic heterocycles. The number of hydrogen-bond donors (Lipinski definition) is 0. The van der Waals surface area contributed by atoms with Crippen molar-refractivity contribution < 1.29 is 14.1 Å². The van der Waals surface area contributed by atoms with E-state index in [9.17, 15) is 4.79 Å². The van der Waals surface area contributed by atoms with Crippen LogP contribution in [0.4, 0.5) is 0 Å². The van der Waals surface area contributed by atoms with E-state index in [1.165, 1.54) is 33.6 Å². The summed E-state index contributed by atoms with van der Waals surface area (Å²) in [5.74, 6) is 1.91. The van der Waals surface area contributed by atoms with E-state index in [4.69, 9.17) is 4.74 Å². The number of benzene rings is 3. The predicted molar refractivity (Wildman–Crippen MR) is 164 cm³/mol. The fourth-order valence-electron chi connectivity index (χ4n) is 5.61. The highest BCUT2D eigenvalue weighted by molar-refractivity contribution is 5.89. The Morgan fingerprint density at radius 2 is 1.12 bits per heavy atom. The zero-order valence-corrected chi connectivity index (χ0v) is 25.6. The fraction of sp³-hybridized carbons (Fsp3) is 0.389. The van der Waals surface area contributed by atoms with Crippen LogP contribution in [0.15, 0.2) is 79.1 Å². The highest BCUT2D eigenvalue weighted by Gasteiger charge is 2.34. The molecule has 0 aliphatic carbocycles. The van der Waals surface area contributed by atoms with Gasteiger partial charge in [0.05, 0.1) is 5.56 Å². The van der Waals surface area contributed by atoms with Gasteiger partial charge in [-0.3, -0.25) is 0 Å². The SMILES string of the molecule is CC(C)c1cccc(C(C)C)c1-n1cc[n+](-c2c(C(C)C)cccc2C(C)C)c1C(C)OC(=O)c1ccccc1. The van der Waals surface area contributed by atoms with Gasteiger partial charge in [0, 0.05) is 22.3 Å². The maximum atomic E-state index is 13.3. The molecule has 4 aromatic rings. The molecule has 0 spiro atoms. The average molecular weight is 538 g/mol. The molecule has 0 bridgehead atoms. The normalized spacial score (nSPS) is 12.5. The van der Waals surface area contributed by atoms with Gasteiger partial charge in [0.15, 0.2) is 0 Å². The summed E-state index contributed by atoms with van der Waals surface area (Å²) in [6, 6.07) is 22.5. The van der Waals surface area contributed by atoms with Crippen LogP contribution >= 0.6 is 0 Å². The molecule has 3 aromatic carbocycles. The van der Waals surface area contributed by atoms with Crippen LogP contribution in [-0.4, -0.2) is 10.5 Å². The van der Waals surface area contributed by atoms with Gasteiger partial charge >= 0.3 is 11.8 Å². The number of hydrogen-bond acceptors (Lipinski definition) is 2. The van der Waals surface area contributed by atoms with Gasteiger partial charge in [0.2, 0.25) is 6.10 Å². The Morgan fingerprint density at radius 3 is 1.60 bits per heavy atom. The Kier molecular flexibility index (Phi) is 8.98. The molecule has 0 aliphatic rings. The summed E-state index contributed by atoms with van der Waals surface area (Å²) in [6.45, 7) is 19.9. The lowest BCUT2D eigenvalue weighted by Gasteiger charge is -2.21. The van der Waals surface area contributed by atoms with Gasteiger partial charge in [-0.05, 0) is 42.7 Å². The van der Waals surface area contributed by atoms with E-state index in [1.54, 1.807) is 12.1 Å². The van der Waals surface area contributed by atoms with E-state index in [0.717, 1.165) is 5.82 Å². The Labute approximate surface area is 240 Å². The third-order valence-electron chi connectivity index (χ3n) is 7.68. The number of carbonyl (C=O) groups is 1. The van der Waals surface area contributed by atoms with Gasteiger partial charge in [-0.1, -0.05) is 110 Å². The summed E-state index contributed by atoms with van der Waals surface area (Å²) in [4.78, 5) is 13.3. The first kappa shape index (κ1) is 29.3. The van der Waals surface area contributed by atoms with Crippen molar-refractivity contribution in [3.05, 3.63) is 113 Å². The Hall–Kier alpha value is -3.66. The largest absolute Gasteiger partial charge is 0.446 e. The third-order valence-corrected chi connectivity index (χ3v) is 7.68. The fourth-order valence-corrected chi connectivity index (χ4v) is 5.61. The minimum atomic E-state index is -0.511. The number of nitrogens with zero attached hydrogens (tertiary/aromatic N) is 2. The number of imidazole rings is 1. The zero-order valence-electron chi connectivity index (χ0n) is 25.6. The van der Waals surface area contributed by atoms with Crippen molar-refractivity contribution in [3.8, 4) is 11.4 Å². The third kappa shape index (κ3) is 5.77. The van der Waals surface area contributed by atoms with Crippen molar-refractivity contribution in [3.63, 3.8) is 0 Å². The molecule has 1 atom stereocenters. The summed E-state index contributed by atoms with van der Waals surface area (Å²) < 4.78 is 10.8. The number of aromatic nitrogens is 2. The molecule has 0 N–H and O–H groups in total. The van der Waals surface area contributed by atoms with Crippen molar-refractivity contribution in [1.29, 1.82) is 0 Å².